The van der Waals surface area contributed by atoms with E-state index in [1.165, 1.54) is 21.1 Å². The highest BCUT2D eigenvalue weighted by Crippen LogP contribution is 2.38. The smallest absolute Gasteiger partial charge is 0.329 e. The molecule has 412 valence electrons. The van der Waals surface area contributed by atoms with Crippen molar-refractivity contribution in [2.75, 3.05) is 41.1 Å². The summed E-state index contributed by atoms with van der Waals surface area (Å²) >= 11 is 0. The van der Waals surface area contributed by atoms with Crippen LogP contribution in [0.4, 0.5) is 0 Å². The van der Waals surface area contributed by atoms with Gasteiger partial charge in [-0.1, -0.05) is 71.1 Å². The van der Waals surface area contributed by atoms with E-state index in [0.717, 1.165) is 10.5 Å². The number of hydrogen-bond donors (Lipinski definition) is 4. The molecule has 0 aromatic rings. The van der Waals surface area contributed by atoms with E-state index in [1.54, 1.807) is 40.9 Å². The predicted octanol–water partition coefficient (Wildman–Crippen LogP) is 5.72. The summed E-state index contributed by atoms with van der Waals surface area (Å²) in [6.07, 6.45) is 9.76. The second kappa shape index (κ2) is 28.3. The highest BCUT2D eigenvalue weighted by molar-refractivity contribution is 6.39. The molecule has 0 aromatic carbocycles. The van der Waals surface area contributed by atoms with E-state index in [2.05, 4.69) is 0 Å². The number of nitrogens with zero attached hydrogens (tertiary/aromatic N) is 1. The van der Waals surface area contributed by atoms with Crippen molar-refractivity contribution in [3.05, 3.63) is 47.6 Å². The van der Waals surface area contributed by atoms with Crippen molar-refractivity contribution in [3.63, 3.8) is 0 Å². The minimum Gasteiger partial charge on any atom is -0.460 e. The maximum atomic E-state index is 14.5. The third kappa shape index (κ3) is 16.0. The molecule has 4 aliphatic rings. The van der Waals surface area contributed by atoms with Crippen LogP contribution in [0.3, 0.4) is 0 Å². The number of aliphatic hydroxyl groups excluding tert-OH is 3. The Morgan fingerprint density at radius 2 is 1.56 bits per heavy atom. The lowest BCUT2D eigenvalue weighted by molar-refractivity contribution is -0.265. The largest absolute Gasteiger partial charge is 0.460 e. The number of piperidine rings is 1. The minimum absolute atomic E-state index is 0.00697. The van der Waals surface area contributed by atoms with Crippen LogP contribution in [0.15, 0.2) is 47.6 Å². The molecule has 1 amide bonds. The molecule has 1 saturated carbocycles. The standard InChI is InChI=1S/C56H87NO16/c1-33-17-13-12-14-18-34(2)45(68-9)29-41-22-20-39(7)56(67,73-41)51(63)52(64)57-24-16-15-19-42(57)53(65)71-46(30-43(60)35(3)26-38(6)49(62)50(70-11)48(61)37(5)25-33)36(4)27-40-21-23-44(47(28-40)69-10)72-54(66)55(8,31-58)32-59/h12-14,17-18,26,33,35-37,39-42,44-47,49-50,58-59,62,67H,15-16,19-25,27-32H2,1-11H3/b14-12+,17-13+,34-18+,38-26+/t33-,35-,36-,37-,39-,40+,41+,42+,44-,45+,46?,47-,49-,50+,56-/m1/s1. The number of Topliss-reactive ketones (excluding diaryl/α,β-unsaturated/α-hetero) is 3. The lowest BCUT2D eigenvalue weighted by Gasteiger charge is -2.42. The number of allylic oxidation sites excluding steroid dienone is 6. The molecule has 17 nitrogen and oxygen atoms in total. The fraction of sp³-hybridized carbons (Fsp3) is 0.750. The topological polar surface area (TPSA) is 242 Å². The van der Waals surface area contributed by atoms with Crippen molar-refractivity contribution < 1.29 is 77.6 Å². The molecule has 17 heteroatoms. The number of ketones is 3. The van der Waals surface area contributed by atoms with E-state index in [1.807, 2.05) is 51.2 Å². The van der Waals surface area contributed by atoms with E-state index in [9.17, 15) is 49.2 Å². The van der Waals surface area contributed by atoms with Gasteiger partial charge in [-0.25, -0.2) is 4.79 Å². The van der Waals surface area contributed by atoms with Crippen LogP contribution in [0.1, 0.15) is 132 Å². The summed E-state index contributed by atoms with van der Waals surface area (Å²) in [5.41, 5.74) is -0.277. The Labute approximate surface area is 433 Å². The zero-order chi connectivity index (χ0) is 54.4. The summed E-state index contributed by atoms with van der Waals surface area (Å²) in [6.45, 7) is 12.7. The zero-order valence-corrected chi connectivity index (χ0v) is 45.3. The second-order valence-corrected chi connectivity index (χ2v) is 21.8. The van der Waals surface area contributed by atoms with E-state index >= 15 is 0 Å². The lowest BCUT2D eigenvalue weighted by Crippen LogP contribution is -2.61. The van der Waals surface area contributed by atoms with Crippen molar-refractivity contribution in [3.8, 4) is 0 Å². The molecule has 0 radical (unpaired) electrons. The Bertz CT molecular complexity index is 2010. The number of cyclic esters (lactones) is 1. The minimum atomic E-state index is -2.47. The van der Waals surface area contributed by atoms with Crippen LogP contribution >= 0.6 is 0 Å². The molecule has 4 rings (SSSR count). The summed E-state index contributed by atoms with van der Waals surface area (Å²) in [4.78, 5) is 85.4. The normalized spacial score (nSPS) is 37.4. The number of hydrogen-bond acceptors (Lipinski definition) is 16. The van der Waals surface area contributed by atoms with Crippen LogP contribution < -0.4 is 0 Å². The molecule has 1 aliphatic carbocycles. The van der Waals surface area contributed by atoms with Gasteiger partial charge in [0, 0.05) is 58.5 Å². The van der Waals surface area contributed by atoms with Crippen molar-refractivity contribution in [2.24, 2.45) is 40.9 Å². The summed E-state index contributed by atoms with van der Waals surface area (Å²) < 4.78 is 35.4. The third-order valence-corrected chi connectivity index (χ3v) is 15.9. The van der Waals surface area contributed by atoms with E-state index < -0.39 is 120 Å². The Balaban J connectivity index is 1.69. The molecule has 4 N–H and O–H groups in total. The number of fused-ring (bicyclic) bond motifs is 3. The van der Waals surface area contributed by atoms with Gasteiger partial charge >= 0.3 is 11.9 Å². The molecule has 2 bridgehead atoms. The first-order valence-corrected chi connectivity index (χ1v) is 26.4. The molecule has 3 heterocycles. The molecule has 0 spiro atoms. The first-order valence-electron chi connectivity index (χ1n) is 26.4. The number of rotatable bonds is 10. The fourth-order valence-corrected chi connectivity index (χ4v) is 10.7. The number of ether oxygens (including phenoxy) is 6. The summed E-state index contributed by atoms with van der Waals surface area (Å²) in [7, 11) is 4.43. The van der Waals surface area contributed by atoms with Crippen LogP contribution in [0, 0.1) is 40.9 Å². The molecule has 2 saturated heterocycles. The first kappa shape index (κ1) is 61.6. The Kier molecular flexibility index (Phi) is 23.9. The van der Waals surface area contributed by atoms with E-state index in [-0.39, 0.29) is 42.8 Å². The molecule has 3 aliphatic heterocycles. The monoisotopic (exact) mass is 1030 g/mol. The average Bonchev–Trinajstić information content (AvgIpc) is 3.37. The van der Waals surface area contributed by atoms with Gasteiger partial charge in [0.2, 0.25) is 5.79 Å². The number of esters is 2. The van der Waals surface area contributed by atoms with Crippen LogP contribution in [0.2, 0.25) is 0 Å². The van der Waals surface area contributed by atoms with Crippen molar-refractivity contribution in [2.45, 2.75) is 187 Å². The van der Waals surface area contributed by atoms with Gasteiger partial charge in [-0.15, -0.1) is 0 Å². The van der Waals surface area contributed by atoms with E-state index in [0.29, 0.717) is 69.8 Å². The van der Waals surface area contributed by atoms with Gasteiger partial charge in [0.15, 0.2) is 5.78 Å². The molecular formula is C56H87NO16. The highest BCUT2D eigenvalue weighted by atomic mass is 16.6. The quantitative estimate of drug-likeness (QED) is 0.116. The molecule has 3 fully saturated rings. The predicted molar refractivity (Wildman–Crippen MR) is 271 cm³/mol. The van der Waals surface area contributed by atoms with Gasteiger partial charge in [-0.05, 0) is 114 Å². The van der Waals surface area contributed by atoms with Gasteiger partial charge in [0.25, 0.3) is 11.7 Å². The summed E-state index contributed by atoms with van der Waals surface area (Å²) in [5, 5.41) is 43.1. The van der Waals surface area contributed by atoms with Gasteiger partial charge < -0.3 is 53.7 Å². The van der Waals surface area contributed by atoms with Gasteiger partial charge in [0.05, 0.1) is 31.5 Å². The van der Waals surface area contributed by atoms with Crippen LogP contribution in [0.5, 0.6) is 0 Å². The van der Waals surface area contributed by atoms with Crippen molar-refractivity contribution >= 4 is 35.2 Å². The Morgan fingerprint density at radius 1 is 0.863 bits per heavy atom. The maximum Gasteiger partial charge on any atom is 0.329 e. The molecule has 15 atom stereocenters. The number of carbonyl (C=O) groups is 6. The summed E-state index contributed by atoms with van der Waals surface area (Å²) in [6, 6.07) is -1.20. The number of amides is 1. The molecule has 1 unspecified atom stereocenters. The van der Waals surface area contributed by atoms with Crippen LogP contribution in [-0.2, 0) is 57.2 Å². The number of methoxy groups -OCH3 is 3. The van der Waals surface area contributed by atoms with Crippen molar-refractivity contribution in [1.82, 2.24) is 4.90 Å². The average molecular weight is 1030 g/mol. The molecular weight excluding hydrogens is 943 g/mol. The van der Waals surface area contributed by atoms with E-state index in [4.69, 9.17) is 28.4 Å². The SMILES string of the molecule is CO[C@H]1C[C@@H]2CC[C@@H](C)[C@@](O)(O2)C(=O)C(=O)N2CCCC[C@H]2C(=O)OC([C@H](C)C[C@@H]2CC[C@@H](OC(=O)C(C)(CO)CO)[C@H](OC)C2)CC(=O)[C@H](C)/C=C(\C)[C@@H](O)[C@@H](OC)C(=O)[C@H](C)C[C@H](C)/C=C/C=C/C=C/1C. The first-order chi connectivity index (χ1) is 34.5. The number of carbonyl (C=O) groups excluding carboxylic acids is 6. The highest BCUT2D eigenvalue weighted by Gasteiger charge is 2.53. The fourth-order valence-electron chi connectivity index (χ4n) is 10.7. The van der Waals surface area contributed by atoms with Crippen molar-refractivity contribution in [1.29, 1.82) is 0 Å². The van der Waals surface area contributed by atoms with Gasteiger partial charge in [-0.2, -0.15) is 0 Å². The second-order valence-electron chi connectivity index (χ2n) is 21.8. The van der Waals surface area contributed by atoms with Gasteiger partial charge in [0.1, 0.15) is 41.7 Å². The number of aliphatic hydroxyl groups is 4. The Morgan fingerprint density at radius 3 is 2.21 bits per heavy atom. The Hall–Kier alpha value is -3.94. The van der Waals surface area contributed by atoms with Crippen LogP contribution in [-0.4, -0.2) is 156 Å². The molecule has 73 heavy (non-hydrogen) atoms. The maximum absolute atomic E-state index is 14.5. The van der Waals surface area contributed by atoms with Crippen LogP contribution in [0.25, 0.3) is 0 Å². The van der Waals surface area contributed by atoms with Gasteiger partial charge in [-0.3, -0.25) is 24.0 Å². The zero-order valence-electron chi connectivity index (χ0n) is 45.3. The summed E-state index contributed by atoms with van der Waals surface area (Å²) in [5.74, 6) is -9.36. The lowest BCUT2D eigenvalue weighted by atomic mass is 9.78. The molecule has 0 aromatic heterocycles. The third-order valence-electron chi connectivity index (χ3n) is 15.9.